The summed E-state index contributed by atoms with van der Waals surface area (Å²) in [6, 6.07) is 6.33. The van der Waals surface area contributed by atoms with E-state index in [0.717, 1.165) is 25.7 Å². The minimum atomic E-state index is -3.67. The summed E-state index contributed by atoms with van der Waals surface area (Å²) in [5, 5.41) is 10.9. The molecule has 2 aliphatic rings. The van der Waals surface area contributed by atoms with Gasteiger partial charge >= 0.3 is 0 Å². The molecule has 9 nitrogen and oxygen atoms in total. The Kier molecular flexibility index (Phi) is 5.91. The Balaban J connectivity index is 1.36. The molecule has 4 rings (SSSR count). The zero-order valence-corrected chi connectivity index (χ0v) is 17.1. The topological polar surface area (TPSA) is 110 Å². The van der Waals surface area contributed by atoms with Crippen molar-refractivity contribution in [2.75, 3.05) is 13.1 Å². The summed E-state index contributed by atoms with van der Waals surface area (Å²) < 4.78 is 29.9. The van der Waals surface area contributed by atoms with Gasteiger partial charge in [0, 0.05) is 25.0 Å². The summed E-state index contributed by atoms with van der Waals surface area (Å²) in [5.41, 5.74) is 0.575. The molecule has 1 amide bonds. The average Bonchev–Trinajstić information content (AvgIpc) is 3.29. The molecule has 2 fully saturated rings. The van der Waals surface area contributed by atoms with E-state index in [2.05, 4.69) is 20.2 Å². The number of carbonyl (C=O) groups is 1. The van der Waals surface area contributed by atoms with E-state index in [1.807, 2.05) is 4.90 Å². The molecule has 1 aliphatic carbocycles. The number of nitrogens with zero attached hydrogens (tertiary/aromatic N) is 5. The van der Waals surface area contributed by atoms with E-state index in [1.54, 1.807) is 24.3 Å². The second-order valence-electron chi connectivity index (χ2n) is 7.81. The molecular formula is C19H26N6O3S. The van der Waals surface area contributed by atoms with Gasteiger partial charge in [0.2, 0.25) is 15.9 Å². The first-order chi connectivity index (χ1) is 14.0. The van der Waals surface area contributed by atoms with Gasteiger partial charge in [-0.15, -0.1) is 5.10 Å². The third-order valence-corrected chi connectivity index (χ3v) is 7.34. The largest absolute Gasteiger partial charge is 0.342 e. The second kappa shape index (κ2) is 8.58. The van der Waals surface area contributed by atoms with Crippen molar-refractivity contribution in [3.63, 3.8) is 0 Å². The number of carbonyl (C=O) groups excluding carboxylic acids is 1. The van der Waals surface area contributed by atoms with Crippen LogP contribution in [0, 0.1) is 5.92 Å². The minimum Gasteiger partial charge on any atom is -0.342 e. The molecule has 1 aromatic heterocycles. The number of piperidine rings is 1. The van der Waals surface area contributed by atoms with E-state index < -0.39 is 10.0 Å². The molecule has 1 aromatic carbocycles. The van der Waals surface area contributed by atoms with Crippen LogP contribution in [0.2, 0.25) is 0 Å². The lowest BCUT2D eigenvalue weighted by Crippen LogP contribution is -2.48. The van der Waals surface area contributed by atoms with Crippen LogP contribution in [-0.2, 0) is 14.8 Å². The van der Waals surface area contributed by atoms with E-state index in [4.69, 9.17) is 0 Å². The smallest absolute Gasteiger partial charge is 0.240 e. The van der Waals surface area contributed by atoms with Crippen molar-refractivity contribution in [3.8, 4) is 5.69 Å². The number of rotatable bonds is 5. The fourth-order valence-corrected chi connectivity index (χ4v) is 5.53. The monoisotopic (exact) mass is 418 g/mol. The number of hydrogen-bond acceptors (Lipinski definition) is 6. The highest BCUT2D eigenvalue weighted by molar-refractivity contribution is 7.89. The number of benzene rings is 1. The van der Waals surface area contributed by atoms with Gasteiger partial charge in [-0.2, -0.15) is 0 Å². The summed E-state index contributed by atoms with van der Waals surface area (Å²) >= 11 is 0. The van der Waals surface area contributed by atoms with Gasteiger partial charge in [-0.1, -0.05) is 25.3 Å². The number of sulfonamides is 1. The first-order valence-electron chi connectivity index (χ1n) is 10.2. The van der Waals surface area contributed by atoms with Crippen molar-refractivity contribution in [3.05, 3.63) is 30.6 Å². The van der Waals surface area contributed by atoms with Crippen molar-refractivity contribution in [2.24, 2.45) is 5.92 Å². The highest BCUT2D eigenvalue weighted by Gasteiger charge is 2.30. The Morgan fingerprint density at radius 2 is 1.83 bits per heavy atom. The predicted molar refractivity (Wildman–Crippen MR) is 106 cm³/mol. The molecule has 2 aromatic rings. The normalized spacial score (nSPS) is 19.4. The van der Waals surface area contributed by atoms with Crippen LogP contribution in [0.1, 0.15) is 44.9 Å². The number of hydrogen-bond donors (Lipinski definition) is 1. The third kappa shape index (κ3) is 4.64. The van der Waals surface area contributed by atoms with E-state index in [-0.39, 0.29) is 22.8 Å². The highest BCUT2D eigenvalue weighted by atomic mass is 32.2. The van der Waals surface area contributed by atoms with Crippen LogP contribution in [-0.4, -0.2) is 58.6 Å². The summed E-state index contributed by atoms with van der Waals surface area (Å²) in [6.07, 6.45) is 8.15. The van der Waals surface area contributed by atoms with E-state index in [9.17, 15) is 13.2 Å². The quantitative estimate of drug-likeness (QED) is 0.788. The Morgan fingerprint density at radius 3 is 2.52 bits per heavy atom. The molecule has 1 N–H and O–H groups in total. The summed E-state index contributed by atoms with van der Waals surface area (Å²) in [5.74, 6) is 0.408. The lowest BCUT2D eigenvalue weighted by atomic mass is 9.87. The molecule has 2 heterocycles. The van der Waals surface area contributed by atoms with Crippen LogP contribution in [0.4, 0.5) is 0 Å². The van der Waals surface area contributed by atoms with Crippen LogP contribution in [0.25, 0.3) is 5.69 Å². The molecule has 1 aliphatic heterocycles. The van der Waals surface area contributed by atoms with Crippen LogP contribution >= 0.6 is 0 Å². The van der Waals surface area contributed by atoms with Crippen LogP contribution in [0.15, 0.2) is 35.5 Å². The molecule has 1 saturated heterocycles. The minimum absolute atomic E-state index is 0.158. The van der Waals surface area contributed by atoms with Gasteiger partial charge in [0.05, 0.1) is 10.6 Å². The van der Waals surface area contributed by atoms with Crippen LogP contribution in [0.5, 0.6) is 0 Å². The Bertz CT molecular complexity index is 933. The fraction of sp³-hybridized carbons (Fsp3) is 0.579. The molecule has 29 heavy (non-hydrogen) atoms. The molecule has 0 unspecified atom stereocenters. The summed E-state index contributed by atoms with van der Waals surface area (Å²) in [6.45, 7) is 1.21. The van der Waals surface area contributed by atoms with Gasteiger partial charge in [-0.25, -0.2) is 17.8 Å². The molecular weight excluding hydrogens is 392 g/mol. The number of likely N-dealkylation sites (tertiary alicyclic amines) is 1. The Morgan fingerprint density at radius 1 is 1.07 bits per heavy atom. The van der Waals surface area contributed by atoms with Gasteiger partial charge < -0.3 is 4.90 Å². The van der Waals surface area contributed by atoms with E-state index in [0.29, 0.717) is 31.6 Å². The van der Waals surface area contributed by atoms with Gasteiger partial charge in [-0.3, -0.25) is 4.79 Å². The molecule has 10 heteroatoms. The van der Waals surface area contributed by atoms with Crippen molar-refractivity contribution < 1.29 is 13.2 Å². The lowest BCUT2D eigenvalue weighted by Gasteiger charge is -2.35. The first kappa shape index (κ1) is 20.0. The predicted octanol–water partition coefficient (Wildman–Crippen LogP) is 1.51. The van der Waals surface area contributed by atoms with Crippen molar-refractivity contribution in [1.82, 2.24) is 29.8 Å². The maximum absolute atomic E-state index is 12.8. The maximum atomic E-state index is 12.8. The van der Waals surface area contributed by atoms with Crippen molar-refractivity contribution in [1.29, 1.82) is 0 Å². The number of aromatic nitrogens is 4. The standard InChI is InChI=1S/C19H26N6O3S/c26-19(15-5-2-1-3-6-15)24-11-9-16(10-12-24)21-29(27,28)18-8-4-7-17(13-18)25-14-20-22-23-25/h4,7-8,13-16,21H,1-3,5-6,9-12H2. The van der Waals surface area contributed by atoms with Crippen molar-refractivity contribution in [2.45, 2.75) is 55.9 Å². The summed E-state index contributed by atoms with van der Waals surface area (Å²) in [4.78, 5) is 14.8. The SMILES string of the molecule is O=C(C1CCCCC1)N1CCC(NS(=O)(=O)c2cccc(-n3cnnn3)c2)CC1. The number of amides is 1. The molecule has 1 saturated carbocycles. The van der Waals surface area contributed by atoms with E-state index >= 15 is 0 Å². The van der Waals surface area contributed by atoms with Gasteiger partial charge in [-0.05, 0) is 54.3 Å². The maximum Gasteiger partial charge on any atom is 0.240 e. The number of tetrazole rings is 1. The van der Waals surface area contributed by atoms with Gasteiger partial charge in [0.1, 0.15) is 6.33 Å². The van der Waals surface area contributed by atoms with E-state index in [1.165, 1.54) is 17.4 Å². The highest BCUT2D eigenvalue weighted by Crippen LogP contribution is 2.27. The zero-order chi connectivity index (χ0) is 20.3. The average molecular weight is 419 g/mol. The zero-order valence-electron chi connectivity index (χ0n) is 16.3. The third-order valence-electron chi connectivity index (χ3n) is 5.82. The van der Waals surface area contributed by atoms with Gasteiger partial charge in [0.15, 0.2) is 0 Å². The van der Waals surface area contributed by atoms with Crippen molar-refractivity contribution >= 4 is 15.9 Å². The lowest BCUT2D eigenvalue weighted by molar-refractivity contribution is -0.137. The number of nitrogens with one attached hydrogen (secondary N) is 1. The molecule has 0 spiro atoms. The molecule has 0 bridgehead atoms. The first-order valence-corrected chi connectivity index (χ1v) is 11.7. The van der Waals surface area contributed by atoms with Crippen LogP contribution in [0.3, 0.4) is 0 Å². The second-order valence-corrected chi connectivity index (χ2v) is 9.52. The fourth-order valence-electron chi connectivity index (χ4n) is 4.19. The Hall–Kier alpha value is -2.33. The van der Waals surface area contributed by atoms with Gasteiger partial charge in [0.25, 0.3) is 0 Å². The van der Waals surface area contributed by atoms with Crippen LogP contribution < -0.4 is 4.72 Å². The Labute approximate surface area is 170 Å². The molecule has 156 valence electrons. The molecule has 0 radical (unpaired) electrons. The molecule has 0 atom stereocenters. The summed E-state index contributed by atoms with van der Waals surface area (Å²) in [7, 11) is -3.67.